The van der Waals surface area contributed by atoms with Crippen LogP contribution in [0.15, 0.2) is 303 Å². The molecule has 108 heavy (non-hydrogen) atoms. The molecule has 14 aromatic carbocycles. The molecule has 0 spiro atoms. The highest BCUT2D eigenvalue weighted by Gasteiger charge is 2.19. The highest BCUT2D eigenvalue weighted by Crippen LogP contribution is 2.39. The topological polar surface area (TPSA) is 11.4 Å². The maximum atomic E-state index is 2.44. The van der Waals surface area contributed by atoms with Crippen molar-refractivity contribution in [2.24, 2.45) is 0 Å². The fourth-order valence-corrected chi connectivity index (χ4v) is 14.0. The molecule has 0 aliphatic heterocycles. The Kier molecular flexibility index (Phi) is 27.0. The van der Waals surface area contributed by atoms with Gasteiger partial charge in [0.1, 0.15) is 0 Å². The van der Waals surface area contributed by atoms with Gasteiger partial charge in [-0.2, -0.15) is 0 Å². The maximum Gasteiger partial charge on any atom is 0.0541 e. The zero-order valence-corrected chi connectivity index (χ0v) is 67.8. The highest BCUT2D eigenvalue weighted by molar-refractivity contribution is 6.10. The van der Waals surface area contributed by atoms with E-state index in [1.54, 1.807) is 0 Å². The van der Waals surface area contributed by atoms with Gasteiger partial charge in [-0.1, -0.05) is 308 Å². The molecule has 3 nitrogen and oxygen atoms in total. The first-order chi connectivity index (χ1) is 51.7. The summed E-state index contributed by atoms with van der Waals surface area (Å²) in [6.45, 7) is 36.5. The van der Waals surface area contributed by atoms with E-state index < -0.39 is 0 Å². The lowest BCUT2D eigenvalue weighted by Crippen LogP contribution is -2.09. The first-order valence-corrected chi connectivity index (χ1v) is 38.0. The largest absolute Gasteiger partial charge is 0.312 e. The second-order valence-electron chi connectivity index (χ2n) is 30.5. The van der Waals surface area contributed by atoms with E-state index >= 15 is 0 Å². The minimum Gasteiger partial charge on any atom is -0.312 e. The number of hydrogen-bond donors (Lipinski definition) is 0. The molecule has 546 valence electrons. The molecule has 0 saturated heterocycles. The zero-order chi connectivity index (χ0) is 77.3. The predicted octanol–water partition coefficient (Wildman–Crippen LogP) is 28.6. The summed E-state index contributed by atoms with van der Waals surface area (Å²) in [5, 5.41) is 2.68. The Labute approximate surface area is 647 Å². The molecule has 0 unspecified atom stereocenters. The van der Waals surface area contributed by atoms with Gasteiger partial charge in [-0.15, -0.1) is 0 Å². The number of nitrogens with zero attached hydrogens (tertiary/aromatic N) is 3. The number of aromatic nitrogens is 1. The predicted molar refractivity (Wildman–Crippen MR) is 472 cm³/mol. The van der Waals surface area contributed by atoms with E-state index in [-0.39, 0.29) is 0 Å². The van der Waals surface area contributed by atoms with Gasteiger partial charge < -0.3 is 14.4 Å². The smallest absolute Gasteiger partial charge is 0.0541 e. The van der Waals surface area contributed by atoms with Crippen LogP contribution in [0.3, 0.4) is 0 Å². The third-order valence-corrected chi connectivity index (χ3v) is 19.5. The maximum absolute atomic E-state index is 2.44. The third kappa shape index (κ3) is 21.5. The SMILES string of the molecule is CN(C)C.Cc1cc(C)c(-n2c3ccc(C)cc3c3cc(C)ccc32)c(C)c1.Cc1cc(C)cc(C)c1.Cc1ccc(-c2cc(-c3ccc(C)cc3)cc(-c3ccc(C)cc3)c2)cc1.Cc1ccc(C(c2ccc(C)cc2)c2ccc(C)cc2)cc1.Cc1ccc(N(c2ccc(C)cc2)c2ccc(C)cc2)cc1. The molecule has 15 rings (SSSR count). The van der Waals surface area contributed by atoms with Crippen LogP contribution in [0.5, 0.6) is 0 Å². The number of aryl methyl sites for hydroxylation is 17. The molecule has 0 aliphatic carbocycles. The van der Waals surface area contributed by atoms with Crippen molar-refractivity contribution in [3.63, 3.8) is 0 Å². The summed E-state index contributed by atoms with van der Waals surface area (Å²) in [5.74, 6) is 0.293. The lowest BCUT2D eigenvalue weighted by molar-refractivity contribution is 0.505. The molecule has 0 bridgehead atoms. The highest BCUT2D eigenvalue weighted by atomic mass is 15.1. The normalized spacial score (nSPS) is 10.8. The summed E-state index contributed by atoms with van der Waals surface area (Å²) in [5.41, 5.74) is 41.2. The molecule has 1 aromatic heterocycles. The average Bonchev–Trinajstić information content (AvgIpc) is 1.58. The average molecular weight is 1420 g/mol. The monoisotopic (exact) mass is 1410 g/mol. The van der Waals surface area contributed by atoms with Gasteiger partial charge in [0.05, 0.1) is 16.7 Å². The number of hydrogen-bond acceptors (Lipinski definition) is 2. The van der Waals surface area contributed by atoms with E-state index in [4.69, 9.17) is 0 Å². The van der Waals surface area contributed by atoms with Gasteiger partial charge in [-0.3, -0.25) is 0 Å². The van der Waals surface area contributed by atoms with Crippen LogP contribution in [0.1, 0.15) is 117 Å². The van der Waals surface area contributed by atoms with Gasteiger partial charge >= 0.3 is 0 Å². The molecule has 1 heterocycles. The fourth-order valence-electron chi connectivity index (χ4n) is 14.0. The molecule has 0 fully saturated rings. The minimum absolute atomic E-state index is 0.293. The molecular weight excluding hydrogens is 1300 g/mol. The molecule has 0 atom stereocenters. The molecule has 3 heteroatoms. The zero-order valence-electron chi connectivity index (χ0n) is 67.8. The Morgan fingerprint density at radius 1 is 0.204 bits per heavy atom. The molecule has 0 radical (unpaired) electrons. The lowest BCUT2D eigenvalue weighted by Gasteiger charge is -2.25. The van der Waals surface area contributed by atoms with Crippen molar-refractivity contribution in [1.82, 2.24) is 9.47 Å². The standard InChI is InChI=1S/C27H24.C23H23N.C22H22.C21H21N.C9H12.C3H9N/c1-19-4-10-22(11-5-19)25-16-26(23-12-6-20(2)7-13-23)18-27(17-25)24-14-8-21(3)9-15-24;1-14-6-8-21-19(12-14)20-13-15(2)7-9-22(20)24(21)23-17(4)10-16(3)11-18(23)5;2*1-16-4-10-19(11-5-16)22(20-12-6-17(2)7-13-20)21-14-8-18(3)9-15-21;1-7-4-8(2)6-9(3)5-7;1-4(2)3/h4-18H,1-3H3;6-13H,1-5H3;4-15,22H,1-3H3;4-15H,1-3H3;4-6H,1-3H3;1-3H3. The van der Waals surface area contributed by atoms with Gasteiger partial charge in [-0.25, -0.2) is 0 Å². The van der Waals surface area contributed by atoms with E-state index in [0.717, 1.165) is 0 Å². The van der Waals surface area contributed by atoms with Gasteiger partial charge in [0.25, 0.3) is 0 Å². The second kappa shape index (κ2) is 36.8. The van der Waals surface area contributed by atoms with Crippen molar-refractivity contribution >= 4 is 38.9 Å². The van der Waals surface area contributed by atoms with Crippen molar-refractivity contribution in [3.8, 4) is 39.1 Å². The first-order valence-electron chi connectivity index (χ1n) is 38.0. The summed E-state index contributed by atoms with van der Waals surface area (Å²) in [4.78, 5) is 4.29. The summed E-state index contributed by atoms with van der Waals surface area (Å²) in [6, 6.07) is 111. The minimum atomic E-state index is 0.293. The Morgan fingerprint density at radius 2 is 0.417 bits per heavy atom. The van der Waals surface area contributed by atoms with Crippen molar-refractivity contribution in [2.45, 2.75) is 124 Å². The van der Waals surface area contributed by atoms with Gasteiger partial charge in [0.15, 0.2) is 0 Å². The number of rotatable bonds is 10. The molecular formula is C105H111N3. The fraction of sp³-hybridized carbons (Fsp3) is 0.200. The van der Waals surface area contributed by atoms with Crippen LogP contribution < -0.4 is 4.90 Å². The Morgan fingerprint density at radius 3 is 0.667 bits per heavy atom. The summed E-state index contributed by atoms with van der Waals surface area (Å²) in [6.07, 6.45) is 0. The third-order valence-electron chi connectivity index (χ3n) is 19.5. The van der Waals surface area contributed by atoms with E-state index in [2.05, 4.69) is 430 Å². The number of anilines is 3. The van der Waals surface area contributed by atoms with Crippen molar-refractivity contribution in [1.29, 1.82) is 0 Å². The lowest BCUT2D eigenvalue weighted by atomic mass is 9.84. The van der Waals surface area contributed by atoms with Crippen molar-refractivity contribution in [3.05, 3.63) is 415 Å². The second-order valence-corrected chi connectivity index (χ2v) is 30.5. The summed E-state index contributed by atoms with van der Waals surface area (Å²) >= 11 is 0. The van der Waals surface area contributed by atoms with Crippen LogP contribution in [0.25, 0.3) is 60.9 Å². The Hall–Kier alpha value is -11.4. The van der Waals surface area contributed by atoms with Crippen LogP contribution in [0.4, 0.5) is 17.1 Å². The number of benzene rings is 14. The van der Waals surface area contributed by atoms with E-state index in [0.29, 0.717) is 5.92 Å². The van der Waals surface area contributed by atoms with E-state index in [1.807, 2.05) is 26.0 Å². The van der Waals surface area contributed by atoms with Crippen LogP contribution in [0.2, 0.25) is 0 Å². The van der Waals surface area contributed by atoms with Crippen LogP contribution >= 0.6 is 0 Å². The number of fused-ring (bicyclic) bond motifs is 3. The van der Waals surface area contributed by atoms with Gasteiger partial charge in [-0.05, 0) is 279 Å². The first kappa shape index (κ1) is 79.2. The van der Waals surface area contributed by atoms with Crippen LogP contribution in [-0.4, -0.2) is 30.6 Å². The summed E-state index contributed by atoms with van der Waals surface area (Å²) < 4.78 is 2.44. The van der Waals surface area contributed by atoms with Gasteiger partial charge in [0, 0.05) is 33.8 Å². The van der Waals surface area contributed by atoms with Crippen LogP contribution in [0, 0.1) is 118 Å². The molecule has 15 aromatic rings. The molecule has 0 saturated carbocycles. The quantitative estimate of drug-likeness (QED) is 0.126. The van der Waals surface area contributed by atoms with E-state index in [9.17, 15) is 0 Å². The Balaban J connectivity index is 0.000000146. The van der Waals surface area contributed by atoms with Crippen molar-refractivity contribution < 1.29 is 0 Å². The van der Waals surface area contributed by atoms with E-state index in [1.165, 1.54) is 189 Å². The molecule has 0 N–H and O–H groups in total. The van der Waals surface area contributed by atoms with Crippen LogP contribution in [-0.2, 0) is 0 Å². The molecule has 0 amide bonds. The summed E-state index contributed by atoms with van der Waals surface area (Å²) in [7, 11) is 6.00. The molecule has 0 aliphatic rings. The Bertz CT molecular complexity index is 4760. The van der Waals surface area contributed by atoms with Crippen molar-refractivity contribution in [2.75, 3.05) is 26.0 Å². The van der Waals surface area contributed by atoms with Gasteiger partial charge in [0.2, 0.25) is 0 Å².